The SMILES string of the molecule is Cc1ccc(NC(=O)NC2CCCC2)cc1C#CCN. The number of carbonyl (C=O) groups is 1. The van der Waals surface area contributed by atoms with Crippen LogP contribution in [0.1, 0.15) is 36.8 Å². The molecule has 0 aliphatic heterocycles. The molecule has 4 nitrogen and oxygen atoms in total. The van der Waals surface area contributed by atoms with Crippen molar-refractivity contribution >= 4 is 11.7 Å². The third-order valence-corrected chi connectivity index (χ3v) is 3.51. The Morgan fingerprint density at radius 2 is 2.15 bits per heavy atom. The molecule has 0 heterocycles. The van der Waals surface area contributed by atoms with Crippen LogP contribution in [-0.2, 0) is 0 Å². The highest BCUT2D eigenvalue weighted by molar-refractivity contribution is 5.89. The van der Waals surface area contributed by atoms with Gasteiger partial charge in [0.05, 0.1) is 6.54 Å². The summed E-state index contributed by atoms with van der Waals surface area (Å²) < 4.78 is 0. The fourth-order valence-corrected chi connectivity index (χ4v) is 2.40. The van der Waals surface area contributed by atoms with Gasteiger partial charge in [-0.2, -0.15) is 0 Å². The molecule has 4 heteroatoms. The predicted octanol–water partition coefficient (Wildman–Crippen LogP) is 2.37. The van der Waals surface area contributed by atoms with Crippen molar-refractivity contribution in [3.05, 3.63) is 29.3 Å². The van der Waals surface area contributed by atoms with Gasteiger partial charge in [-0.05, 0) is 37.5 Å². The Bertz CT molecular complexity index is 536. The minimum Gasteiger partial charge on any atom is -0.335 e. The van der Waals surface area contributed by atoms with Crippen molar-refractivity contribution in [2.24, 2.45) is 5.73 Å². The molecule has 0 saturated heterocycles. The number of anilines is 1. The van der Waals surface area contributed by atoms with Crippen LogP contribution in [0.2, 0.25) is 0 Å². The highest BCUT2D eigenvalue weighted by Crippen LogP contribution is 2.18. The Morgan fingerprint density at radius 1 is 1.40 bits per heavy atom. The first-order valence-electron chi connectivity index (χ1n) is 7.06. The summed E-state index contributed by atoms with van der Waals surface area (Å²) in [5.41, 5.74) is 8.11. The fourth-order valence-electron chi connectivity index (χ4n) is 2.40. The molecule has 0 bridgehead atoms. The maximum Gasteiger partial charge on any atom is 0.319 e. The molecular formula is C16H21N3O. The summed E-state index contributed by atoms with van der Waals surface area (Å²) >= 11 is 0. The van der Waals surface area contributed by atoms with Gasteiger partial charge in [0, 0.05) is 17.3 Å². The summed E-state index contributed by atoms with van der Waals surface area (Å²) in [5, 5.41) is 5.86. The Balaban J connectivity index is 1.99. The second kappa shape index (κ2) is 6.97. The van der Waals surface area contributed by atoms with Gasteiger partial charge in [0.15, 0.2) is 0 Å². The van der Waals surface area contributed by atoms with Crippen LogP contribution in [0.25, 0.3) is 0 Å². The molecule has 2 rings (SSSR count). The lowest BCUT2D eigenvalue weighted by Crippen LogP contribution is -2.36. The summed E-state index contributed by atoms with van der Waals surface area (Å²) in [6.45, 7) is 2.32. The van der Waals surface area contributed by atoms with Crippen molar-refractivity contribution in [1.29, 1.82) is 0 Å². The first kappa shape index (κ1) is 14.4. The first-order valence-corrected chi connectivity index (χ1v) is 7.06. The highest BCUT2D eigenvalue weighted by atomic mass is 16.2. The van der Waals surface area contributed by atoms with Gasteiger partial charge in [-0.3, -0.25) is 0 Å². The van der Waals surface area contributed by atoms with Crippen molar-refractivity contribution < 1.29 is 4.79 Å². The fraction of sp³-hybridized carbons (Fsp3) is 0.438. The number of urea groups is 1. The second-order valence-corrected chi connectivity index (χ2v) is 5.12. The summed E-state index contributed by atoms with van der Waals surface area (Å²) in [4.78, 5) is 11.9. The topological polar surface area (TPSA) is 67.2 Å². The van der Waals surface area contributed by atoms with Crippen LogP contribution in [0.15, 0.2) is 18.2 Å². The lowest BCUT2D eigenvalue weighted by atomic mass is 10.1. The van der Waals surface area contributed by atoms with Gasteiger partial charge in [-0.15, -0.1) is 0 Å². The molecule has 1 aromatic rings. The van der Waals surface area contributed by atoms with Gasteiger partial charge < -0.3 is 16.4 Å². The van der Waals surface area contributed by atoms with E-state index in [4.69, 9.17) is 5.73 Å². The van der Waals surface area contributed by atoms with Crippen LogP contribution in [0, 0.1) is 18.8 Å². The van der Waals surface area contributed by atoms with E-state index in [0.29, 0.717) is 12.6 Å². The van der Waals surface area contributed by atoms with Crippen molar-refractivity contribution in [3.63, 3.8) is 0 Å². The standard InChI is InChI=1S/C16H21N3O/c1-12-8-9-15(11-13(12)5-4-10-17)19-16(20)18-14-6-2-3-7-14/h8-9,11,14H,2-3,6-7,10,17H2,1H3,(H2,18,19,20). The molecule has 1 fully saturated rings. The molecule has 0 unspecified atom stereocenters. The molecule has 0 aromatic heterocycles. The van der Waals surface area contributed by atoms with Crippen LogP contribution < -0.4 is 16.4 Å². The van der Waals surface area contributed by atoms with Crippen molar-refractivity contribution in [2.45, 2.75) is 38.6 Å². The van der Waals surface area contributed by atoms with E-state index in [9.17, 15) is 4.79 Å². The van der Waals surface area contributed by atoms with Gasteiger partial charge in [0.2, 0.25) is 0 Å². The number of amides is 2. The second-order valence-electron chi connectivity index (χ2n) is 5.12. The van der Waals surface area contributed by atoms with Gasteiger partial charge >= 0.3 is 6.03 Å². The van der Waals surface area contributed by atoms with E-state index in [1.165, 1.54) is 12.8 Å². The zero-order chi connectivity index (χ0) is 14.4. The quantitative estimate of drug-likeness (QED) is 0.723. The Morgan fingerprint density at radius 3 is 2.85 bits per heavy atom. The summed E-state index contributed by atoms with van der Waals surface area (Å²) in [7, 11) is 0. The number of rotatable bonds is 2. The van der Waals surface area contributed by atoms with Crippen LogP contribution in [0.4, 0.5) is 10.5 Å². The molecule has 1 aliphatic carbocycles. The average molecular weight is 271 g/mol. The molecule has 106 valence electrons. The normalized spacial score (nSPS) is 14.5. The van der Waals surface area contributed by atoms with Crippen LogP contribution in [0.3, 0.4) is 0 Å². The number of aryl methyl sites for hydroxylation is 1. The Hall–Kier alpha value is -1.99. The maximum atomic E-state index is 11.9. The first-order chi connectivity index (χ1) is 9.69. The molecule has 0 atom stereocenters. The molecule has 2 amide bonds. The van der Waals surface area contributed by atoms with Crippen LogP contribution in [-0.4, -0.2) is 18.6 Å². The Labute approximate surface area is 120 Å². The highest BCUT2D eigenvalue weighted by Gasteiger charge is 2.16. The van der Waals surface area contributed by atoms with E-state index >= 15 is 0 Å². The number of nitrogens with two attached hydrogens (primary N) is 1. The number of hydrogen-bond acceptors (Lipinski definition) is 2. The van der Waals surface area contributed by atoms with E-state index in [1.807, 2.05) is 25.1 Å². The van der Waals surface area contributed by atoms with Gasteiger partial charge in [0.25, 0.3) is 0 Å². The summed E-state index contributed by atoms with van der Waals surface area (Å²) in [6, 6.07) is 5.89. The van der Waals surface area contributed by atoms with Crippen LogP contribution >= 0.6 is 0 Å². The van der Waals surface area contributed by atoms with Crippen molar-refractivity contribution in [2.75, 3.05) is 11.9 Å². The minimum absolute atomic E-state index is 0.140. The monoisotopic (exact) mass is 271 g/mol. The molecule has 1 aliphatic rings. The number of hydrogen-bond donors (Lipinski definition) is 3. The molecule has 4 N–H and O–H groups in total. The third-order valence-electron chi connectivity index (χ3n) is 3.51. The molecule has 20 heavy (non-hydrogen) atoms. The predicted molar refractivity (Wildman–Crippen MR) is 81.5 cm³/mol. The lowest BCUT2D eigenvalue weighted by molar-refractivity contribution is 0.248. The van der Waals surface area contributed by atoms with E-state index in [1.54, 1.807) is 0 Å². The molecular weight excluding hydrogens is 250 g/mol. The van der Waals surface area contributed by atoms with E-state index in [2.05, 4.69) is 22.5 Å². The summed E-state index contributed by atoms with van der Waals surface area (Å²) in [5.74, 6) is 5.85. The smallest absolute Gasteiger partial charge is 0.319 e. The maximum absolute atomic E-state index is 11.9. The summed E-state index contributed by atoms with van der Waals surface area (Å²) in [6.07, 6.45) is 4.56. The van der Waals surface area contributed by atoms with Crippen molar-refractivity contribution in [3.8, 4) is 11.8 Å². The Kier molecular flexibility index (Phi) is 5.03. The van der Waals surface area contributed by atoms with Gasteiger partial charge in [-0.25, -0.2) is 4.79 Å². The minimum atomic E-state index is -0.140. The third kappa shape index (κ3) is 4.01. The van der Waals surface area contributed by atoms with Crippen LogP contribution in [0.5, 0.6) is 0 Å². The zero-order valence-corrected chi connectivity index (χ0v) is 11.8. The van der Waals surface area contributed by atoms with Crippen molar-refractivity contribution in [1.82, 2.24) is 5.32 Å². The largest absolute Gasteiger partial charge is 0.335 e. The van der Waals surface area contributed by atoms with Gasteiger partial charge in [0.1, 0.15) is 0 Å². The van der Waals surface area contributed by atoms with Gasteiger partial charge in [-0.1, -0.05) is 30.7 Å². The van der Waals surface area contributed by atoms with E-state index in [-0.39, 0.29) is 6.03 Å². The number of carbonyl (C=O) groups excluding carboxylic acids is 1. The van der Waals surface area contributed by atoms with E-state index in [0.717, 1.165) is 29.7 Å². The van der Waals surface area contributed by atoms with E-state index < -0.39 is 0 Å². The molecule has 0 radical (unpaired) electrons. The molecule has 1 aromatic carbocycles. The number of nitrogens with one attached hydrogen (secondary N) is 2. The molecule has 1 saturated carbocycles. The zero-order valence-electron chi connectivity index (χ0n) is 11.8. The average Bonchev–Trinajstić information content (AvgIpc) is 2.92. The lowest BCUT2D eigenvalue weighted by Gasteiger charge is -2.13. The number of benzene rings is 1. The molecule has 0 spiro atoms.